The molecule has 1 fully saturated rings. The van der Waals surface area contributed by atoms with E-state index in [2.05, 4.69) is 20.3 Å². The van der Waals surface area contributed by atoms with Crippen LogP contribution in [0.2, 0.25) is 0 Å². The summed E-state index contributed by atoms with van der Waals surface area (Å²) in [6.07, 6.45) is 1.86. The molecule has 4 heterocycles. The van der Waals surface area contributed by atoms with Gasteiger partial charge in [0.25, 0.3) is 5.56 Å². The summed E-state index contributed by atoms with van der Waals surface area (Å²) >= 11 is 0. The molecule has 1 aliphatic rings. The number of nitrogens with two attached hydrogens (primary N) is 1. The van der Waals surface area contributed by atoms with Gasteiger partial charge in [0, 0.05) is 11.5 Å². The Balaban J connectivity index is 1.33. The average molecular weight is 411 g/mol. The first-order chi connectivity index (χ1) is 14.5. The third-order valence-corrected chi connectivity index (χ3v) is 5.30. The fraction of sp³-hybridized carbons (Fsp3) is 0.316. The lowest BCUT2D eigenvalue weighted by Crippen LogP contribution is -2.24. The van der Waals surface area contributed by atoms with Crippen molar-refractivity contribution in [3.63, 3.8) is 0 Å². The molecule has 1 aliphatic heterocycles. The predicted octanol–water partition coefficient (Wildman–Crippen LogP) is 1.60. The average Bonchev–Trinajstić information content (AvgIpc) is 3.45. The summed E-state index contributed by atoms with van der Waals surface area (Å²) in [7, 11) is 0. The number of aromatic nitrogens is 6. The molecule has 4 aromatic rings. The maximum absolute atomic E-state index is 13.1. The lowest BCUT2D eigenvalue weighted by molar-refractivity contribution is 0.110. The van der Waals surface area contributed by atoms with E-state index in [1.54, 1.807) is 19.1 Å². The second-order valence-electron chi connectivity index (χ2n) is 7.26. The number of anilines is 1. The van der Waals surface area contributed by atoms with Crippen molar-refractivity contribution in [3.8, 4) is 0 Å². The fourth-order valence-corrected chi connectivity index (χ4v) is 3.60. The maximum atomic E-state index is 13.1. The number of nitrogens with zero attached hydrogens (tertiary/aromatic N) is 6. The highest BCUT2D eigenvalue weighted by Crippen LogP contribution is 2.37. The van der Waals surface area contributed by atoms with E-state index in [1.807, 2.05) is 0 Å². The summed E-state index contributed by atoms with van der Waals surface area (Å²) < 4.78 is 26.9. The zero-order valence-corrected chi connectivity index (χ0v) is 16.0. The Hall–Kier alpha value is -3.60. The molecular weight excluding hydrogens is 393 g/mol. The van der Waals surface area contributed by atoms with Gasteiger partial charge in [-0.15, -0.1) is 14.8 Å². The molecular formula is C19H18FN7O3. The molecule has 30 heavy (non-hydrogen) atoms. The SMILES string of the molecule is Cc1c(N)nn2ncn(Cc3nc(C4CO[C@@H](c5ccc(F)cc5)C4)no3)c(=O)c12. The second kappa shape index (κ2) is 7.02. The van der Waals surface area contributed by atoms with E-state index in [-0.39, 0.29) is 41.7 Å². The first-order valence-corrected chi connectivity index (χ1v) is 9.39. The van der Waals surface area contributed by atoms with Crippen molar-refractivity contribution >= 4 is 11.3 Å². The van der Waals surface area contributed by atoms with Gasteiger partial charge in [0.05, 0.1) is 12.7 Å². The summed E-state index contributed by atoms with van der Waals surface area (Å²) in [5.41, 5.74) is 7.25. The Morgan fingerprint density at radius 1 is 1.30 bits per heavy atom. The largest absolute Gasteiger partial charge is 0.382 e. The van der Waals surface area contributed by atoms with E-state index < -0.39 is 0 Å². The van der Waals surface area contributed by atoms with E-state index in [1.165, 1.54) is 27.7 Å². The van der Waals surface area contributed by atoms with Gasteiger partial charge in [-0.2, -0.15) is 4.98 Å². The third kappa shape index (κ3) is 3.12. The smallest absolute Gasteiger partial charge is 0.280 e. The molecule has 0 bridgehead atoms. The maximum Gasteiger partial charge on any atom is 0.280 e. The summed E-state index contributed by atoms with van der Waals surface area (Å²) in [6.45, 7) is 2.23. The fourth-order valence-electron chi connectivity index (χ4n) is 3.60. The Kier molecular flexibility index (Phi) is 4.31. The molecule has 2 atom stereocenters. The summed E-state index contributed by atoms with van der Waals surface area (Å²) in [5, 5.41) is 12.2. The van der Waals surface area contributed by atoms with Crippen molar-refractivity contribution in [2.75, 3.05) is 12.3 Å². The van der Waals surface area contributed by atoms with Crippen LogP contribution in [0.1, 0.15) is 41.3 Å². The lowest BCUT2D eigenvalue weighted by Gasteiger charge is -2.08. The van der Waals surface area contributed by atoms with Crippen LogP contribution in [0.5, 0.6) is 0 Å². The van der Waals surface area contributed by atoms with Crippen molar-refractivity contribution in [1.82, 2.24) is 29.5 Å². The molecule has 3 aromatic heterocycles. The quantitative estimate of drug-likeness (QED) is 0.537. The lowest BCUT2D eigenvalue weighted by atomic mass is 10.00. The molecule has 0 aliphatic carbocycles. The Morgan fingerprint density at radius 3 is 2.90 bits per heavy atom. The summed E-state index contributed by atoms with van der Waals surface area (Å²) in [6, 6.07) is 6.25. The highest BCUT2D eigenvalue weighted by Gasteiger charge is 2.31. The van der Waals surface area contributed by atoms with Crippen molar-refractivity contribution in [2.45, 2.75) is 31.9 Å². The molecule has 11 heteroatoms. The van der Waals surface area contributed by atoms with Gasteiger partial charge in [-0.1, -0.05) is 17.3 Å². The number of fused-ring (bicyclic) bond motifs is 1. The molecule has 0 saturated carbocycles. The normalized spacial score (nSPS) is 19.0. The van der Waals surface area contributed by atoms with Crippen LogP contribution in [0.25, 0.3) is 5.52 Å². The molecule has 1 unspecified atom stereocenters. The van der Waals surface area contributed by atoms with Gasteiger partial charge < -0.3 is 15.0 Å². The zero-order valence-electron chi connectivity index (χ0n) is 16.0. The zero-order chi connectivity index (χ0) is 20.8. The molecule has 5 rings (SSSR count). The van der Waals surface area contributed by atoms with E-state index >= 15 is 0 Å². The molecule has 1 aromatic carbocycles. The monoisotopic (exact) mass is 411 g/mol. The second-order valence-corrected chi connectivity index (χ2v) is 7.26. The Morgan fingerprint density at radius 2 is 2.10 bits per heavy atom. The van der Waals surface area contributed by atoms with E-state index in [4.69, 9.17) is 15.0 Å². The van der Waals surface area contributed by atoms with Crippen LogP contribution in [0.15, 0.2) is 39.9 Å². The van der Waals surface area contributed by atoms with Gasteiger partial charge in [-0.3, -0.25) is 9.36 Å². The van der Waals surface area contributed by atoms with Crippen molar-refractivity contribution in [3.05, 3.63) is 69.6 Å². The number of nitrogen functional groups attached to an aromatic ring is 1. The van der Waals surface area contributed by atoms with Gasteiger partial charge in [0.15, 0.2) is 17.2 Å². The number of hydrogen-bond acceptors (Lipinski definition) is 8. The van der Waals surface area contributed by atoms with Crippen LogP contribution < -0.4 is 11.3 Å². The molecule has 2 N–H and O–H groups in total. The first-order valence-electron chi connectivity index (χ1n) is 9.39. The van der Waals surface area contributed by atoms with E-state index in [9.17, 15) is 9.18 Å². The third-order valence-electron chi connectivity index (χ3n) is 5.30. The minimum atomic E-state index is -0.299. The van der Waals surface area contributed by atoms with Gasteiger partial charge in [0.2, 0.25) is 5.89 Å². The van der Waals surface area contributed by atoms with E-state index in [0.717, 1.165) is 5.56 Å². The minimum absolute atomic E-state index is 0.0493. The van der Waals surface area contributed by atoms with Crippen molar-refractivity contribution in [2.24, 2.45) is 0 Å². The predicted molar refractivity (Wildman–Crippen MR) is 102 cm³/mol. The summed E-state index contributed by atoms with van der Waals surface area (Å²) in [5.74, 6) is 0.726. The number of halogens is 1. The Bertz CT molecular complexity index is 1280. The number of rotatable bonds is 4. The molecule has 10 nitrogen and oxygen atoms in total. The summed E-state index contributed by atoms with van der Waals surface area (Å²) in [4.78, 5) is 17.2. The molecule has 0 spiro atoms. The number of hydrogen-bond donors (Lipinski definition) is 1. The van der Waals surface area contributed by atoms with Crippen LogP contribution in [0.4, 0.5) is 10.2 Å². The van der Waals surface area contributed by atoms with Gasteiger partial charge in [-0.25, -0.2) is 4.39 Å². The molecule has 0 radical (unpaired) electrons. The van der Waals surface area contributed by atoms with Gasteiger partial charge in [0.1, 0.15) is 18.7 Å². The Labute approximate surface area is 169 Å². The molecule has 1 saturated heterocycles. The number of aryl methyl sites for hydroxylation is 1. The van der Waals surface area contributed by atoms with Crippen LogP contribution >= 0.6 is 0 Å². The highest BCUT2D eigenvalue weighted by atomic mass is 19.1. The van der Waals surface area contributed by atoms with Crippen molar-refractivity contribution in [1.29, 1.82) is 0 Å². The van der Waals surface area contributed by atoms with Crippen LogP contribution in [-0.4, -0.2) is 36.1 Å². The van der Waals surface area contributed by atoms with E-state index in [0.29, 0.717) is 29.9 Å². The minimum Gasteiger partial charge on any atom is -0.382 e. The van der Waals surface area contributed by atoms with Crippen LogP contribution in [-0.2, 0) is 11.3 Å². The van der Waals surface area contributed by atoms with Gasteiger partial charge in [-0.05, 0) is 31.0 Å². The number of ether oxygens (including phenoxy) is 1. The van der Waals surface area contributed by atoms with Crippen LogP contribution in [0, 0.1) is 12.7 Å². The first kappa shape index (κ1) is 18.4. The number of benzene rings is 1. The standard InChI is InChI=1S/C19H18FN7O3/c1-10-16-19(28)26(9-22-27(16)24-17(10)21)7-15-23-18(25-30-15)12-6-14(29-8-12)11-2-4-13(20)5-3-11/h2-5,9,12,14H,6-8H2,1H3,(H2,21,24)/t12?,14-/m1/s1. The van der Waals surface area contributed by atoms with Crippen LogP contribution in [0.3, 0.4) is 0 Å². The highest BCUT2D eigenvalue weighted by molar-refractivity contribution is 5.60. The molecule has 0 amide bonds. The van der Waals surface area contributed by atoms with Gasteiger partial charge >= 0.3 is 0 Å². The topological polar surface area (TPSA) is 126 Å². The molecule has 154 valence electrons. The van der Waals surface area contributed by atoms with Crippen molar-refractivity contribution < 1.29 is 13.7 Å².